The van der Waals surface area contributed by atoms with Crippen LogP contribution in [0.4, 0.5) is 0 Å². The molecule has 1 aromatic rings. The van der Waals surface area contributed by atoms with Crippen LogP contribution in [-0.2, 0) is 6.54 Å². The summed E-state index contributed by atoms with van der Waals surface area (Å²) in [4.78, 5) is 2.52. The lowest BCUT2D eigenvalue weighted by molar-refractivity contribution is 0.200. The molecule has 0 spiro atoms. The van der Waals surface area contributed by atoms with E-state index in [1.54, 1.807) is 0 Å². The Morgan fingerprint density at radius 1 is 1.29 bits per heavy atom. The molecule has 90 valence electrons. The number of hydrogen-bond donors (Lipinski definition) is 0. The first-order chi connectivity index (χ1) is 8.35. The Kier molecular flexibility index (Phi) is 4.17. The summed E-state index contributed by atoms with van der Waals surface area (Å²) in [5.41, 5.74) is 1.99. The Hall–Kier alpha value is -1.33. The van der Waals surface area contributed by atoms with Crippen molar-refractivity contribution in [1.82, 2.24) is 4.90 Å². The monoisotopic (exact) mass is 228 g/mol. The molecule has 17 heavy (non-hydrogen) atoms. The molecule has 0 N–H and O–H groups in total. The van der Waals surface area contributed by atoms with E-state index in [0.29, 0.717) is 0 Å². The standard InChI is InChI=1S/C15H20N2/c1-2-17(15-9-5-6-10-15)12-14-8-4-3-7-13(14)11-16/h3-4,7-8,15H,2,5-6,9-10,12H2,1H3. The highest BCUT2D eigenvalue weighted by molar-refractivity contribution is 5.37. The molecular weight excluding hydrogens is 208 g/mol. The fourth-order valence-electron chi connectivity index (χ4n) is 2.75. The maximum absolute atomic E-state index is 9.10. The van der Waals surface area contributed by atoms with E-state index < -0.39 is 0 Å². The molecule has 0 radical (unpaired) electrons. The Morgan fingerprint density at radius 3 is 2.65 bits per heavy atom. The summed E-state index contributed by atoms with van der Waals surface area (Å²) >= 11 is 0. The third-order valence-electron chi connectivity index (χ3n) is 3.76. The number of hydrogen-bond acceptors (Lipinski definition) is 2. The summed E-state index contributed by atoms with van der Waals surface area (Å²) < 4.78 is 0. The fraction of sp³-hybridized carbons (Fsp3) is 0.533. The predicted octanol–water partition coefficient (Wildman–Crippen LogP) is 3.32. The second-order valence-electron chi connectivity index (χ2n) is 4.77. The van der Waals surface area contributed by atoms with Crippen LogP contribution in [-0.4, -0.2) is 17.5 Å². The van der Waals surface area contributed by atoms with Crippen LogP contribution >= 0.6 is 0 Å². The first-order valence-corrected chi connectivity index (χ1v) is 6.57. The zero-order valence-corrected chi connectivity index (χ0v) is 10.5. The SMILES string of the molecule is CCN(Cc1ccccc1C#N)C1CCCC1. The number of rotatable bonds is 4. The molecule has 2 rings (SSSR count). The van der Waals surface area contributed by atoms with Crippen LogP contribution < -0.4 is 0 Å². The first kappa shape index (κ1) is 12.1. The normalized spacial score (nSPS) is 16.3. The minimum atomic E-state index is 0.728. The molecular formula is C15H20N2. The van der Waals surface area contributed by atoms with Crippen LogP contribution in [0.2, 0.25) is 0 Å². The van der Waals surface area contributed by atoms with Crippen molar-refractivity contribution in [3.05, 3.63) is 35.4 Å². The number of nitriles is 1. The van der Waals surface area contributed by atoms with Gasteiger partial charge in [0.25, 0.3) is 0 Å². The van der Waals surface area contributed by atoms with Gasteiger partial charge in [-0.25, -0.2) is 0 Å². The van der Waals surface area contributed by atoms with E-state index in [1.165, 1.54) is 31.2 Å². The zero-order valence-electron chi connectivity index (χ0n) is 10.5. The molecule has 1 aromatic carbocycles. The lowest BCUT2D eigenvalue weighted by Crippen LogP contribution is -2.32. The quantitative estimate of drug-likeness (QED) is 0.790. The van der Waals surface area contributed by atoms with Gasteiger partial charge < -0.3 is 0 Å². The molecule has 0 amide bonds. The van der Waals surface area contributed by atoms with Gasteiger partial charge >= 0.3 is 0 Å². The lowest BCUT2D eigenvalue weighted by atomic mass is 10.1. The largest absolute Gasteiger partial charge is 0.296 e. The smallest absolute Gasteiger partial charge is 0.0995 e. The molecule has 1 fully saturated rings. The van der Waals surface area contributed by atoms with E-state index in [9.17, 15) is 0 Å². The maximum Gasteiger partial charge on any atom is 0.0995 e. The highest BCUT2D eigenvalue weighted by Crippen LogP contribution is 2.25. The molecule has 0 atom stereocenters. The van der Waals surface area contributed by atoms with Crippen LogP contribution in [0.5, 0.6) is 0 Å². The zero-order chi connectivity index (χ0) is 12.1. The minimum absolute atomic E-state index is 0.728. The Labute approximate surface area is 104 Å². The van der Waals surface area contributed by atoms with Gasteiger partial charge in [-0.1, -0.05) is 38.0 Å². The van der Waals surface area contributed by atoms with E-state index in [-0.39, 0.29) is 0 Å². The molecule has 0 unspecified atom stereocenters. The van der Waals surface area contributed by atoms with Crippen molar-refractivity contribution in [3.8, 4) is 6.07 Å². The third-order valence-corrected chi connectivity index (χ3v) is 3.76. The lowest BCUT2D eigenvalue weighted by Gasteiger charge is -2.27. The summed E-state index contributed by atoms with van der Waals surface area (Å²) in [6.45, 7) is 4.21. The van der Waals surface area contributed by atoms with Crippen molar-refractivity contribution >= 4 is 0 Å². The molecule has 1 aliphatic rings. The van der Waals surface area contributed by atoms with E-state index >= 15 is 0 Å². The Morgan fingerprint density at radius 2 is 2.00 bits per heavy atom. The second kappa shape index (κ2) is 5.84. The average molecular weight is 228 g/mol. The van der Waals surface area contributed by atoms with Gasteiger partial charge in [0.15, 0.2) is 0 Å². The van der Waals surface area contributed by atoms with Crippen molar-refractivity contribution in [3.63, 3.8) is 0 Å². The molecule has 0 saturated heterocycles. The van der Waals surface area contributed by atoms with Crippen LogP contribution in [0.15, 0.2) is 24.3 Å². The van der Waals surface area contributed by atoms with Crippen LogP contribution in [0.3, 0.4) is 0 Å². The van der Waals surface area contributed by atoms with Crippen LogP contribution in [0.25, 0.3) is 0 Å². The molecule has 0 bridgehead atoms. The van der Waals surface area contributed by atoms with E-state index in [4.69, 9.17) is 5.26 Å². The molecule has 2 nitrogen and oxygen atoms in total. The summed E-state index contributed by atoms with van der Waals surface area (Å²) in [5.74, 6) is 0. The summed E-state index contributed by atoms with van der Waals surface area (Å²) in [7, 11) is 0. The first-order valence-electron chi connectivity index (χ1n) is 6.57. The van der Waals surface area contributed by atoms with Crippen molar-refractivity contribution in [2.24, 2.45) is 0 Å². The molecule has 0 aromatic heterocycles. The van der Waals surface area contributed by atoms with Gasteiger partial charge in [0, 0.05) is 12.6 Å². The van der Waals surface area contributed by atoms with E-state index in [1.807, 2.05) is 18.2 Å². The number of nitrogens with zero attached hydrogens (tertiary/aromatic N) is 2. The van der Waals surface area contributed by atoms with Crippen molar-refractivity contribution < 1.29 is 0 Å². The van der Waals surface area contributed by atoms with Gasteiger partial charge in [-0.05, 0) is 31.0 Å². The Balaban J connectivity index is 2.10. The summed E-state index contributed by atoms with van der Waals surface area (Å²) in [6.07, 6.45) is 5.37. The van der Waals surface area contributed by atoms with E-state index in [2.05, 4.69) is 24.0 Å². The average Bonchev–Trinajstić information content (AvgIpc) is 2.90. The fourth-order valence-corrected chi connectivity index (χ4v) is 2.75. The minimum Gasteiger partial charge on any atom is -0.296 e. The van der Waals surface area contributed by atoms with Gasteiger partial charge in [-0.15, -0.1) is 0 Å². The van der Waals surface area contributed by atoms with Crippen molar-refractivity contribution in [2.45, 2.75) is 45.2 Å². The van der Waals surface area contributed by atoms with Crippen molar-refractivity contribution in [2.75, 3.05) is 6.54 Å². The van der Waals surface area contributed by atoms with Gasteiger partial charge in [0.1, 0.15) is 0 Å². The molecule has 0 aliphatic heterocycles. The number of benzene rings is 1. The van der Waals surface area contributed by atoms with Crippen LogP contribution in [0, 0.1) is 11.3 Å². The highest BCUT2D eigenvalue weighted by Gasteiger charge is 2.21. The second-order valence-corrected chi connectivity index (χ2v) is 4.77. The van der Waals surface area contributed by atoms with Gasteiger partial charge in [0.2, 0.25) is 0 Å². The van der Waals surface area contributed by atoms with Gasteiger partial charge in [-0.3, -0.25) is 4.90 Å². The van der Waals surface area contributed by atoms with Crippen LogP contribution in [0.1, 0.15) is 43.7 Å². The molecule has 1 aliphatic carbocycles. The summed E-state index contributed by atoms with van der Waals surface area (Å²) in [6, 6.07) is 11.0. The predicted molar refractivity (Wildman–Crippen MR) is 69.5 cm³/mol. The maximum atomic E-state index is 9.10. The topological polar surface area (TPSA) is 27.0 Å². The molecule has 2 heteroatoms. The highest BCUT2D eigenvalue weighted by atomic mass is 15.1. The Bertz CT molecular complexity index is 400. The van der Waals surface area contributed by atoms with Crippen molar-refractivity contribution in [1.29, 1.82) is 5.26 Å². The molecule has 1 saturated carbocycles. The van der Waals surface area contributed by atoms with Gasteiger partial charge in [0.05, 0.1) is 11.6 Å². The van der Waals surface area contributed by atoms with E-state index in [0.717, 1.165) is 24.7 Å². The third kappa shape index (κ3) is 2.87. The summed E-state index contributed by atoms with van der Waals surface area (Å²) in [5, 5.41) is 9.10. The molecule has 0 heterocycles. The van der Waals surface area contributed by atoms with Gasteiger partial charge in [-0.2, -0.15) is 5.26 Å².